The van der Waals surface area contributed by atoms with Crippen molar-refractivity contribution < 1.29 is 9.53 Å². The molecule has 1 atom stereocenters. The first-order valence-electron chi connectivity index (χ1n) is 8.07. The molecule has 0 bridgehead atoms. The van der Waals surface area contributed by atoms with Gasteiger partial charge in [-0.25, -0.2) is 0 Å². The molecule has 0 aliphatic carbocycles. The van der Waals surface area contributed by atoms with Crippen LogP contribution in [0.1, 0.15) is 24.1 Å². The van der Waals surface area contributed by atoms with E-state index in [-0.39, 0.29) is 5.91 Å². The fourth-order valence-electron chi connectivity index (χ4n) is 3.42. The molecule has 1 saturated heterocycles. The van der Waals surface area contributed by atoms with Crippen LogP contribution in [0.25, 0.3) is 0 Å². The van der Waals surface area contributed by atoms with Crippen molar-refractivity contribution in [3.63, 3.8) is 0 Å². The van der Waals surface area contributed by atoms with Gasteiger partial charge in [0, 0.05) is 26.0 Å². The van der Waals surface area contributed by atoms with Gasteiger partial charge in [-0.1, -0.05) is 12.1 Å². The van der Waals surface area contributed by atoms with Crippen LogP contribution in [0, 0.1) is 0 Å². The summed E-state index contributed by atoms with van der Waals surface area (Å²) in [5, 5.41) is 2.81. The summed E-state index contributed by atoms with van der Waals surface area (Å²) >= 11 is 0. The van der Waals surface area contributed by atoms with Crippen LogP contribution in [0.15, 0.2) is 42.9 Å². The zero-order valence-electron chi connectivity index (χ0n) is 14.0. The summed E-state index contributed by atoms with van der Waals surface area (Å²) in [6, 6.07) is 7.94. The lowest BCUT2D eigenvalue weighted by Crippen LogP contribution is -2.52. The number of hydrogen-bond acceptors (Lipinski definition) is 5. The molecule has 0 spiro atoms. The Morgan fingerprint density at radius 3 is 2.75 bits per heavy atom. The Kier molecular flexibility index (Phi) is 4.76. The van der Waals surface area contributed by atoms with Crippen LogP contribution in [-0.4, -0.2) is 41.5 Å². The molecule has 6 nitrogen and oxygen atoms in total. The van der Waals surface area contributed by atoms with E-state index in [2.05, 4.69) is 20.2 Å². The van der Waals surface area contributed by atoms with Crippen molar-refractivity contribution in [2.45, 2.75) is 24.9 Å². The molecule has 2 heterocycles. The van der Waals surface area contributed by atoms with Crippen molar-refractivity contribution in [3.8, 4) is 5.75 Å². The first kappa shape index (κ1) is 16.4. The molecule has 2 aromatic rings. The van der Waals surface area contributed by atoms with E-state index in [1.165, 1.54) is 0 Å². The third-order valence-corrected chi connectivity index (χ3v) is 4.63. The average Bonchev–Trinajstić information content (AvgIpc) is 3.07. The lowest BCUT2D eigenvalue weighted by Gasteiger charge is -2.36. The summed E-state index contributed by atoms with van der Waals surface area (Å²) in [6.45, 7) is 1.52. The second-order valence-electron chi connectivity index (χ2n) is 5.90. The monoisotopic (exact) mass is 326 g/mol. The van der Waals surface area contributed by atoms with Gasteiger partial charge in [-0.15, -0.1) is 0 Å². The number of amides is 1. The maximum absolute atomic E-state index is 12.8. The minimum atomic E-state index is -0.761. The molecule has 1 fully saturated rings. The van der Waals surface area contributed by atoms with Crippen molar-refractivity contribution in [1.82, 2.24) is 20.2 Å². The first-order chi connectivity index (χ1) is 11.7. The van der Waals surface area contributed by atoms with Crippen molar-refractivity contribution >= 4 is 5.91 Å². The maximum atomic E-state index is 12.8. The van der Waals surface area contributed by atoms with E-state index >= 15 is 0 Å². The Bertz CT molecular complexity index is 690. The molecular weight excluding hydrogens is 304 g/mol. The number of carbonyl (C=O) groups excluding carboxylic acids is 1. The zero-order chi connectivity index (χ0) is 17.0. The van der Waals surface area contributed by atoms with Gasteiger partial charge in [0.1, 0.15) is 11.3 Å². The van der Waals surface area contributed by atoms with Gasteiger partial charge in [0.2, 0.25) is 5.91 Å². The highest BCUT2D eigenvalue weighted by Crippen LogP contribution is 2.39. The highest BCUT2D eigenvalue weighted by Gasteiger charge is 2.49. The second-order valence-corrected chi connectivity index (χ2v) is 5.90. The topological polar surface area (TPSA) is 67.4 Å². The summed E-state index contributed by atoms with van der Waals surface area (Å²) in [5.74, 6) is 0.792. The Morgan fingerprint density at radius 2 is 2.12 bits per heavy atom. The van der Waals surface area contributed by atoms with Crippen LogP contribution in [0.4, 0.5) is 0 Å². The molecule has 1 aliphatic rings. The molecule has 0 radical (unpaired) electrons. The molecule has 1 aromatic carbocycles. The number of ether oxygens (including phenoxy) is 1. The minimum absolute atomic E-state index is 0.0333. The lowest BCUT2D eigenvalue weighted by atomic mass is 9.90. The van der Waals surface area contributed by atoms with Crippen LogP contribution in [0.5, 0.6) is 5.75 Å². The molecule has 0 saturated carbocycles. The fourth-order valence-corrected chi connectivity index (χ4v) is 3.42. The molecule has 3 rings (SSSR count). The van der Waals surface area contributed by atoms with Crippen LogP contribution >= 0.6 is 0 Å². The summed E-state index contributed by atoms with van der Waals surface area (Å²) < 4.78 is 5.21. The van der Waals surface area contributed by atoms with E-state index in [1.54, 1.807) is 32.7 Å². The maximum Gasteiger partial charge on any atom is 0.246 e. The molecule has 126 valence electrons. The number of nitrogens with one attached hydrogen (secondary N) is 1. The number of benzene rings is 1. The summed E-state index contributed by atoms with van der Waals surface area (Å²) in [5.41, 5.74) is 1.08. The Hall–Kier alpha value is -2.47. The SMILES string of the molecule is CNC(=O)[C@@]1(c2cnccn2)CCCN1Cc1ccc(OC)cc1. The quantitative estimate of drug-likeness (QED) is 0.906. The van der Waals surface area contributed by atoms with Gasteiger partial charge in [-0.05, 0) is 37.1 Å². The zero-order valence-corrected chi connectivity index (χ0v) is 14.0. The third kappa shape index (κ3) is 2.85. The van der Waals surface area contributed by atoms with Crippen LogP contribution in [-0.2, 0) is 16.9 Å². The highest BCUT2D eigenvalue weighted by atomic mass is 16.5. The molecule has 1 N–H and O–H groups in total. The van der Waals surface area contributed by atoms with Crippen LogP contribution in [0.2, 0.25) is 0 Å². The number of methoxy groups -OCH3 is 1. The number of aromatic nitrogens is 2. The van der Waals surface area contributed by atoms with E-state index in [9.17, 15) is 4.79 Å². The summed E-state index contributed by atoms with van der Waals surface area (Å²) in [4.78, 5) is 23.6. The molecule has 1 amide bonds. The predicted octanol–water partition coefficient (Wildman–Crippen LogP) is 1.72. The summed E-state index contributed by atoms with van der Waals surface area (Å²) in [6.07, 6.45) is 6.65. The Labute approximate surface area is 141 Å². The van der Waals surface area contributed by atoms with Gasteiger partial charge in [0.25, 0.3) is 0 Å². The number of carbonyl (C=O) groups is 1. The standard InChI is InChI=1S/C18H22N4O2/c1-19-17(23)18(16-12-20-9-10-21-16)8-3-11-22(18)13-14-4-6-15(24-2)7-5-14/h4-7,9-10,12H,3,8,11,13H2,1-2H3,(H,19,23)/t18-/m0/s1. The van der Waals surface area contributed by atoms with Gasteiger partial charge in [0.05, 0.1) is 19.0 Å². The average molecular weight is 326 g/mol. The van der Waals surface area contributed by atoms with Gasteiger partial charge in [-0.3, -0.25) is 19.7 Å². The van der Waals surface area contributed by atoms with E-state index in [0.29, 0.717) is 12.2 Å². The Balaban J connectivity index is 1.93. The highest BCUT2D eigenvalue weighted by molar-refractivity contribution is 5.87. The molecule has 1 aromatic heterocycles. The molecule has 24 heavy (non-hydrogen) atoms. The van der Waals surface area contributed by atoms with Gasteiger partial charge < -0.3 is 10.1 Å². The van der Waals surface area contributed by atoms with Crippen LogP contribution < -0.4 is 10.1 Å². The van der Waals surface area contributed by atoms with Crippen molar-refractivity contribution in [2.75, 3.05) is 20.7 Å². The number of hydrogen-bond donors (Lipinski definition) is 1. The summed E-state index contributed by atoms with van der Waals surface area (Å²) in [7, 11) is 3.32. The third-order valence-electron chi connectivity index (χ3n) is 4.63. The lowest BCUT2D eigenvalue weighted by molar-refractivity contribution is -0.132. The van der Waals surface area contributed by atoms with Crippen molar-refractivity contribution in [1.29, 1.82) is 0 Å². The number of nitrogens with zero attached hydrogens (tertiary/aromatic N) is 3. The van der Waals surface area contributed by atoms with Crippen LogP contribution in [0.3, 0.4) is 0 Å². The Morgan fingerprint density at radius 1 is 1.33 bits per heavy atom. The van der Waals surface area contributed by atoms with E-state index in [4.69, 9.17) is 4.74 Å². The number of likely N-dealkylation sites (tertiary alicyclic amines) is 1. The predicted molar refractivity (Wildman–Crippen MR) is 90.4 cm³/mol. The van der Waals surface area contributed by atoms with E-state index in [1.807, 2.05) is 24.3 Å². The van der Waals surface area contributed by atoms with Gasteiger partial charge >= 0.3 is 0 Å². The molecule has 6 heteroatoms. The minimum Gasteiger partial charge on any atom is -0.497 e. The second kappa shape index (κ2) is 6.97. The largest absolute Gasteiger partial charge is 0.497 e. The first-order valence-corrected chi connectivity index (χ1v) is 8.07. The van der Waals surface area contributed by atoms with Crippen molar-refractivity contribution in [3.05, 3.63) is 54.1 Å². The fraction of sp³-hybridized carbons (Fsp3) is 0.389. The molecular formula is C18H22N4O2. The number of likely N-dealkylation sites (N-methyl/N-ethyl adjacent to an activating group) is 1. The van der Waals surface area contributed by atoms with Crippen molar-refractivity contribution in [2.24, 2.45) is 0 Å². The number of rotatable bonds is 5. The van der Waals surface area contributed by atoms with Gasteiger partial charge in [0.15, 0.2) is 0 Å². The molecule has 0 unspecified atom stereocenters. The normalized spacial score (nSPS) is 20.8. The molecule has 1 aliphatic heterocycles. The smallest absolute Gasteiger partial charge is 0.246 e. The van der Waals surface area contributed by atoms with Gasteiger partial charge in [-0.2, -0.15) is 0 Å². The van der Waals surface area contributed by atoms with E-state index in [0.717, 1.165) is 30.7 Å². The van der Waals surface area contributed by atoms with E-state index < -0.39 is 5.54 Å².